The first-order chi connectivity index (χ1) is 15.0. The molecule has 4 rings (SSSR count). The Morgan fingerprint density at radius 1 is 1.26 bits per heavy atom. The second kappa shape index (κ2) is 8.51. The van der Waals surface area contributed by atoms with Crippen LogP contribution in [0.25, 0.3) is 17.0 Å². The number of anilines is 1. The second-order valence-electron chi connectivity index (χ2n) is 7.20. The molecule has 158 valence electrons. The zero-order valence-electron chi connectivity index (χ0n) is 17.3. The summed E-state index contributed by atoms with van der Waals surface area (Å²) in [6.45, 7) is 4.46. The van der Waals surface area contributed by atoms with Gasteiger partial charge in [-0.1, -0.05) is 0 Å². The van der Waals surface area contributed by atoms with Crippen LogP contribution < -0.4 is 15.8 Å². The van der Waals surface area contributed by atoms with E-state index in [-0.39, 0.29) is 11.6 Å². The molecule has 3 heterocycles. The van der Waals surface area contributed by atoms with E-state index < -0.39 is 6.10 Å². The van der Waals surface area contributed by atoms with Crippen molar-refractivity contribution in [2.45, 2.75) is 26.4 Å². The van der Waals surface area contributed by atoms with E-state index >= 15 is 0 Å². The number of ether oxygens (including phenoxy) is 1. The summed E-state index contributed by atoms with van der Waals surface area (Å²) in [7, 11) is 0. The number of allylic oxidation sites excluding steroid dienone is 1. The molecule has 2 bridgehead atoms. The van der Waals surface area contributed by atoms with Crippen molar-refractivity contribution in [1.82, 2.24) is 20.3 Å². The molecule has 1 aliphatic rings. The lowest BCUT2D eigenvalue weighted by Gasteiger charge is -2.22. The molecule has 2 aromatic heterocycles. The Labute approximate surface area is 179 Å². The van der Waals surface area contributed by atoms with Gasteiger partial charge in [0.25, 0.3) is 0 Å². The molecule has 1 aromatic carbocycles. The highest BCUT2D eigenvalue weighted by molar-refractivity contribution is 5.90. The van der Waals surface area contributed by atoms with Gasteiger partial charge in [-0.3, -0.25) is 9.97 Å². The number of nitrogens with two attached hydrogens (primary N) is 1. The van der Waals surface area contributed by atoms with Crippen molar-refractivity contribution in [3.63, 3.8) is 0 Å². The first kappa shape index (κ1) is 20.5. The van der Waals surface area contributed by atoms with Gasteiger partial charge < -0.3 is 21.2 Å². The van der Waals surface area contributed by atoms with Crippen molar-refractivity contribution in [1.29, 1.82) is 5.41 Å². The Hall–Kier alpha value is -3.81. The quantitative estimate of drug-likeness (QED) is 0.556. The third kappa shape index (κ3) is 3.96. The first-order valence-corrected chi connectivity index (χ1v) is 10.0. The van der Waals surface area contributed by atoms with Gasteiger partial charge in [0, 0.05) is 60.2 Å². The predicted octanol–water partition coefficient (Wildman–Crippen LogP) is 3.93. The molecule has 8 heteroatoms. The lowest BCUT2D eigenvalue weighted by atomic mass is 9.95. The Kier molecular flexibility index (Phi) is 5.62. The molecule has 31 heavy (non-hydrogen) atoms. The Bertz CT molecular complexity index is 1180. The molecule has 0 unspecified atom stereocenters. The number of hydrogen-bond donors (Lipinski definition) is 3. The van der Waals surface area contributed by atoms with Crippen molar-refractivity contribution in [2.75, 3.05) is 12.3 Å². The molecule has 7 nitrogen and oxygen atoms in total. The van der Waals surface area contributed by atoms with Gasteiger partial charge in [-0.05, 0) is 43.7 Å². The van der Waals surface area contributed by atoms with Crippen LogP contribution in [0.3, 0.4) is 0 Å². The van der Waals surface area contributed by atoms with Crippen molar-refractivity contribution in [3.05, 3.63) is 71.1 Å². The highest BCUT2D eigenvalue weighted by Crippen LogP contribution is 2.36. The molecular formula is C23H23FN6O. The van der Waals surface area contributed by atoms with E-state index in [1.807, 2.05) is 13.8 Å². The van der Waals surface area contributed by atoms with Crippen molar-refractivity contribution in [3.8, 4) is 17.0 Å². The van der Waals surface area contributed by atoms with Crippen LogP contribution in [0.15, 0.2) is 48.4 Å². The van der Waals surface area contributed by atoms with Crippen LogP contribution in [-0.2, 0) is 6.42 Å². The van der Waals surface area contributed by atoms with E-state index in [0.717, 1.165) is 16.8 Å². The largest absolute Gasteiger partial charge is 0.482 e. The molecule has 1 atom stereocenters. The van der Waals surface area contributed by atoms with Gasteiger partial charge in [0.05, 0.1) is 11.4 Å². The van der Waals surface area contributed by atoms with Gasteiger partial charge in [-0.15, -0.1) is 0 Å². The van der Waals surface area contributed by atoms with Crippen LogP contribution in [0, 0.1) is 11.2 Å². The fourth-order valence-corrected chi connectivity index (χ4v) is 3.72. The summed E-state index contributed by atoms with van der Waals surface area (Å²) in [5.74, 6) is 0.249. The minimum atomic E-state index is -0.520. The summed E-state index contributed by atoms with van der Waals surface area (Å²) >= 11 is 0. The maximum atomic E-state index is 14.2. The SMILES string of the molecule is CCN/C1=C(\C=N)Cc2nccnc2-c2ccc(F)cc2[C@@H](C)Oc2cc1cnc2N. The van der Waals surface area contributed by atoms with Gasteiger partial charge in [0.15, 0.2) is 11.6 Å². The van der Waals surface area contributed by atoms with Crippen LogP contribution >= 0.6 is 0 Å². The monoisotopic (exact) mass is 418 g/mol. The number of rotatable bonds is 3. The maximum absolute atomic E-state index is 14.2. The van der Waals surface area contributed by atoms with Crippen molar-refractivity contribution in [2.24, 2.45) is 0 Å². The average molecular weight is 418 g/mol. The number of pyridine rings is 1. The van der Waals surface area contributed by atoms with Gasteiger partial charge in [-0.25, -0.2) is 9.37 Å². The summed E-state index contributed by atoms with van der Waals surface area (Å²) < 4.78 is 20.3. The maximum Gasteiger partial charge on any atom is 0.166 e. The molecule has 0 saturated carbocycles. The van der Waals surface area contributed by atoms with E-state index in [2.05, 4.69) is 20.3 Å². The summed E-state index contributed by atoms with van der Waals surface area (Å²) in [5, 5.41) is 11.4. The van der Waals surface area contributed by atoms with E-state index in [1.54, 1.807) is 30.7 Å². The standard InChI is InChI=1S/C23H23FN6O/c1-3-27-21-14(11-25)8-19-22(29-7-6-28-19)17-5-4-16(24)10-18(17)13(2)31-20-9-15(21)12-30-23(20)26/h4-7,9-13,25,27H,3,8H2,1-2H3,(H2,26,30)/b21-14-,25-11?/t13-/m1/s1. The molecule has 0 radical (unpaired) electrons. The Balaban J connectivity index is 2.03. The Morgan fingerprint density at radius 3 is 2.84 bits per heavy atom. The minimum absolute atomic E-state index is 0.234. The molecule has 0 saturated heterocycles. The van der Waals surface area contributed by atoms with E-state index in [9.17, 15) is 4.39 Å². The average Bonchev–Trinajstić information content (AvgIpc) is 2.77. The molecule has 0 spiro atoms. The summed E-state index contributed by atoms with van der Waals surface area (Å²) in [6, 6.07) is 6.30. The summed E-state index contributed by atoms with van der Waals surface area (Å²) in [5.41, 5.74) is 10.9. The number of nitrogens with zero attached hydrogens (tertiary/aromatic N) is 3. The van der Waals surface area contributed by atoms with Crippen LogP contribution in [0.2, 0.25) is 0 Å². The normalized spacial score (nSPS) is 18.0. The zero-order valence-corrected chi connectivity index (χ0v) is 17.3. The molecule has 4 N–H and O–H groups in total. The van der Waals surface area contributed by atoms with Crippen LogP contribution in [0.1, 0.15) is 36.8 Å². The van der Waals surface area contributed by atoms with E-state index in [0.29, 0.717) is 41.2 Å². The summed E-state index contributed by atoms with van der Waals surface area (Å²) in [6.07, 6.45) is 6.00. The number of halogens is 1. The van der Waals surface area contributed by atoms with Crippen LogP contribution in [0.4, 0.5) is 10.2 Å². The third-order valence-corrected chi connectivity index (χ3v) is 5.16. The van der Waals surface area contributed by atoms with E-state index in [1.165, 1.54) is 18.3 Å². The van der Waals surface area contributed by atoms with E-state index in [4.69, 9.17) is 15.9 Å². The van der Waals surface area contributed by atoms with Crippen LogP contribution in [0.5, 0.6) is 5.75 Å². The molecule has 3 aromatic rings. The fourth-order valence-electron chi connectivity index (χ4n) is 3.72. The lowest BCUT2D eigenvalue weighted by molar-refractivity contribution is 0.227. The number of hydrogen-bond acceptors (Lipinski definition) is 7. The molecule has 1 aliphatic heterocycles. The van der Waals surface area contributed by atoms with Crippen molar-refractivity contribution >= 4 is 17.7 Å². The van der Waals surface area contributed by atoms with Crippen molar-refractivity contribution < 1.29 is 9.13 Å². The molecular weight excluding hydrogens is 395 g/mol. The molecule has 0 aliphatic carbocycles. The highest BCUT2D eigenvalue weighted by Gasteiger charge is 2.22. The highest BCUT2D eigenvalue weighted by atomic mass is 19.1. The third-order valence-electron chi connectivity index (χ3n) is 5.16. The zero-order chi connectivity index (χ0) is 22.0. The fraction of sp³-hybridized carbons (Fsp3) is 0.217. The van der Waals surface area contributed by atoms with Gasteiger partial charge in [0.2, 0.25) is 0 Å². The number of aromatic nitrogens is 3. The first-order valence-electron chi connectivity index (χ1n) is 10.0. The number of nitrogens with one attached hydrogen (secondary N) is 2. The minimum Gasteiger partial charge on any atom is -0.482 e. The number of benzene rings is 1. The van der Waals surface area contributed by atoms with Crippen LogP contribution in [-0.4, -0.2) is 27.7 Å². The second-order valence-corrected chi connectivity index (χ2v) is 7.20. The smallest absolute Gasteiger partial charge is 0.166 e. The number of fused-ring (bicyclic) bond motifs is 5. The van der Waals surface area contributed by atoms with Gasteiger partial charge in [0.1, 0.15) is 11.9 Å². The topological polar surface area (TPSA) is 110 Å². The summed E-state index contributed by atoms with van der Waals surface area (Å²) in [4.78, 5) is 13.4. The number of nitrogen functional groups attached to an aromatic ring is 1. The molecule has 0 fully saturated rings. The van der Waals surface area contributed by atoms with Gasteiger partial charge >= 0.3 is 0 Å². The molecule has 0 amide bonds. The van der Waals surface area contributed by atoms with Gasteiger partial charge in [-0.2, -0.15) is 0 Å². The predicted molar refractivity (Wildman–Crippen MR) is 118 cm³/mol. The Morgan fingerprint density at radius 2 is 2.06 bits per heavy atom. The lowest BCUT2D eigenvalue weighted by Crippen LogP contribution is -2.17.